The van der Waals surface area contributed by atoms with Crippen molar-refractivity contribution < 1.29 is 4.74 Å². The maximum atomic E-state index is 5.86. The summed E-state index contributed by atoms with van der Waals surface area (Å²) in [6, 6.07) is 0. The summed E-state index contributed by atoms with van der Waals surface area (Å²) in [5, 5.41) is 3.19. The van der Waals surface area contributed by atoms with Gasteiger partial charge in [0, 0.05) is 32.7 Å². The summed E-state index contributed by atoms with van der Waals surface area (Å²) in [5.41, 5.74) is 5.86. The van der Waals surface area contributed by atoms with Gasteiger partial charge in [0.05, 0.1) is 12.2 Å². The van der Waals surface area contributed by atoms with E-state index in [1.165, 1.54) is 25.7 Å². The molecule has 1 aliphatic heterocycles. The van der Waals surface area contributed by atoms with Crippen molar-refractivity contribution in [3.8, 4) is 0 Å². The number of hydrogen-bond acceptors (Lipinski definition) is 3. The van der Waals surface area contributed by atoms with Gasteiger partial charge in [-0.1, -0.05) is 26.2 Å². The van der Waals surface area contributed by atoms with E-state index in [0.29, 0.717) is 18.2 Å². The van der Waals surface area contributed by atoms with Crippen LogP contribution in [-0.2, 0) is 4.74 Å². The molecule has 22 heavy (non-hydrogen) atoms. The highest BCUT2D eigenvalue weighted by molar-refractivity contribution is 14.0. The average Bonchev–Trinajstić information content (AvgIpc) is 2.42. The van der Waals surface area contributed by atoms with Gasteiger partial charge in [0.1, 0.15) is 0 Å². The lowest BCUT2D eigenvalue weighted by Gasteiger charge is -2.35. The maximum absolute atomic E-state index is 5.86. The second kappa shape index (κ2) is 13.4. The molecule has 5 nitrogen and oxygen atoms in total. The summed E-state index contributed by atoms with van der Waals surface area (Å²) in [5.74, 6) is 0.593. The fourth-order valence-electron chi connectivity index (χ4n) is 2.78. The first-order valence-electron chi connectivity index (χ1n) is 8.53. The van der Waals surface area contributed by atoms with Crippen LogP contribution in [0.1, 0.15) is 52.9 Å². The molecule has 0 radical (unpaired) electrons. The molecule has 0 bridgehead atoms. The topological polar surface area (TPSA) is 62.9 Å². The van der Waals surface area contributed by atoms with E-state index in [1.54, 1.807) is 0 Å². The quantitative estimate of drug-likeness (QED) is 0.258. The van der Waals surface area contributed by atoms with Crippen LogP contribution in [0.3, 0.4) is 0 Å². The fourth-order valence-corrected chi connectivity index (χ4v) is 2.78. The van der Waals surface area contributed by atoms with Gasteiger partial charge in [-0.25, -0.2) is 0 Å². The summed E-state index contributed by atoms with van der Waals surface area (Å²) >= 11 is 0. The van der Waals surface area contributed by atoms with Crippen LogP contribution in [-0.4, -0.2) is 55.8 Å². The van der Waals surface area contributed by atoms with E-state index >= 15 is 0 Å². The first-order chi connectivity index (χ1) is 10.1. The highest BCUT2D eigenvalue weighted by Gasteiger charge is 2.21. The largest absolute Gasteiger partial charge is 0.373 e. The third kappa shape index (κ3) is 10.6. The SMILES string of the molecule is CCCCCCNC(N)=NCCCN1CC(C)OC(C)C1.I. The van der Waals surface area contributed by atoms with Crippen molar-refractivity contribution in [3.63, 3.8) is 0 Å². The maximum Gasteiger partial charge on any atom is 0.188 e. The van der Waals surface area contributed by atoms with E-state index in [1.807, 2.05) is 0 Å². The van der Waals surface area contributed by atoms with Gasteiger partial charge in [-0.15, -0.1) is 24.0 Å². The van der Waals surface area contributed by atoms with Crippen LogP contribution in [0.2, 0.25) is 0 Å². The normalized spacial score (nSPS) is 23.1. The Morgan fingerprint density at radius 1 is 1.18 bits per heavy atom. The number of unbranched alkanes of at least 4 members (excludes halogenated alkanes) is 3. The Balaban J connectivity index is 0.00000441. The number of aliphatic imine (C=N–C) groups is 1. The average molecular weight is 426 g/mol. The van der Waals surface area contributed by atoms with Crippen LogP contribution >= 0.6 is 24.0 Å². The first kappa shape index (κ1) is 21.9. The number of nitrogens with one attached hydrogen (secondary N) is 1. The van der Waals surface area contributed by atoms with Gasteiger partial charge in [-0.2, -0.15) is 0 Å². The van der Waals surface area contributed by atoms with E-state index < -0.39 is 0 Å². The zero-order valence-electron chi connectivity index (χ0n) is 14.5. The Kier molecular flexibility index (Phi) is 13.3. The van der Waals surface area contributed by atoms with Crippen molar-refractivity contribution in [2.75, 3.05) is 32.7 Å². The third-order valence-electron chi connectivity index (χ3n) is 3.75. The van der Waals surface area contributed by atoms with E-state index in [0.717, 1.165) is 39.1 Å². The van der Waals surface area contributed by atoms with E-state index in [-0.39, 0.29) is 24.0 Å². The standard InChI is InChI=1S/C16H34N4O.HI/c1-4-5-6-7-9-18-16(17)19-10-8-11-20-12-14(2)21-15(3)13-20;/h14-15H,4-13H2,1-3H3,(H3,17,18,19);1H. The molecule has 3 N–H and O–H groups in total. The highest BCUT2D eigenvalue weighted by atomic mass is 127. The Bertz CT molecular complexity index is 292. The molecule has 0 aromatic heterocycles. The van der Waals surface area contributed by atoms with E-state index in [9.17, 15) is 0 Å². The zero-order valence-corrected chi connectivity index (χ0v) is 16.8. The van der Waals surface area contributed by atoms with Crippen molar-refractivity contribution in [3.05, 3.63) is 0 Å². The van der Waals surface area contributed by atoms with Gasteiger partial charge >= 0.3 is 0 Å². The van der Waals surface area contributed by atoms with Crippen LogP contribution in [0.15, 0.2) is 4.99 Å². The Hall–Kier alpha value is -0.0800. The minimum atomic E-state index is 0. The van der Waals surface area contributed by atoms with Gasteiger partial charge in [0.2, 0.25) is 0 Å². The predicted octanol–water partition coefficient (Wildman–Crippen LogP) is 2.59. The van der Waals surface area contributed by atoms with E-state index in [4.69, 9.17) is 10.5 Å². The molecule has 1 aliphatic rings. The molecule has 0 aliphatic carbocycles. The minimum Gasteiger partial charge on any atom is -0.373 e. The van der Waals surface area contributed by atoms with Crippen molar-refractivity contribution >= 4 is 29.9 Å². The second-order valence-electron chi connectivity index (χ2n) is 6.12. The Morgan fingerprint density at radius 2 is 1.86 bits per heavy atom. The summed E-state index contributed by atoms with van der Waals surface area (Å²) < 4.78 is 5.73. The van der Waals surface area contributed by atoms with Gasteiger partial charge in [-0.05, 0) is 26.7 Å². The lowest BCUT2D eigenvalue weighted by atomic mass is 10.2. The first-order valence-corrected chi connectivity index (χ1v) is 8.53. The molecule has 0 amide bonds. The van der Waals surface area contributed by atoms with Crippen LogP contribution in [0, 0.1) is 0 Å². The lowest BCUT2D eigenvalue weighted by molar-refractivity contribution is -0.0679. The summed E-state index contributed by atoms with van der Waals surface area (Å²) in [6.45, 7) is 11.4. The number of nitrogens with two attached hydrogens (primary N) is 1. The highest BCUT2D eigenvalue weighted by Crippen LogP contribution is 2.10. The number of halogens is 1. The van der Waals surface area contributed by atoms with Gasteiger partial charge in [0.25, 0.3) is 0 Å². The van der Waals surface area contributed by atoms with E-state index in [2.05, 4.69) is 36.0 Å². The predicted molar refractivity (Wildman–Crippen MR) is 105 cm³/mol. The minimum absolute atomic E-state index is 0. The lowest BCUT2D eigenvalue weighted by Crippen LogP contribution is -2.45. The number of morpholine rings is 1. The van der Waals surface area contributed by atoms with Gasteiger partial charge < -0.3 is 15.8 Å². The van der Waals surface area contributed by atoms with Gasteiger partial charge in [0.15, 0.2) is 5.96 Å². The summed E-state index contributed by atoms with van der Waals surface area (Å²) in [4.78, 5) is 6.85. The number of nitrogens with zero attached hydrogens (tertiary/aromatic N) is 2. The Labute approximate surface area is 153 Å². The zero-order chi connectivity index (χ0) is 15.5. The number of ether oxygens (including phenoxy) is 1. The summed E-state index contributed by atoms with van der Waals surface area (Å²) in [6.07, 6.45) is 6.74. The van der Waals surface area contributed by atoms with Crippen LogP contribution in [0.5, 0.6) is 0 Å². The van der Waals surface area contributed by atoms with Crippen LogP contribution in [0.25, 0.3) is 0 Å². The monoisotopic (exact) mass is 426 g/mol. The molecule has 2 atom stereocenters. The molecular formula is C16H35IN4O. The molecule has 2 unspecified atom stereocenters. The van der Waals surface area contributed by atoms with Crippen LogP contribution < -0.4 is 11.1 Å². The smallest absolute Gasteiger partial charge is 0.188 e. The van der Waals surface area contributed by atoms with Crippen molar-refractivity contribution in [2.45, 2.75) is 65.1 Å². The molecule has 1 heterocycles. The molecule has 132 valence electrons. The second-order valence-corrected chi connectivity index (χ2v) is 6.12. The summed E-state index contributed by atoms with van der Waals surface area (Å²) in [7, 11) is 0. The third-order valence-corrected chi connectivity index (χ3v) is 3.75. The Morgan fingerprint density at radius 3 is 2.50 bits per heavy atom. The molecule has 1 saturated heterocycles. The number of hydrogen-bond donors (Lipinski definition) is 2. The molecular weight excluding hydrogens is 391 g/mol. The molecule has 6 heteroatoms. The fraction of sp³-hybridized carbons (Fsp3) is 0.938. The van der Waals surface area contributed by atoms with Crippen molar-refractivity contribution in [1.29, 1.82) is 0 Å². The molecule has 0 saturated carbocycles. The molecule has 1 fully saturated rings. The number of rotatable bonds is 9. The van der Waals surface area contributed by atoms with Gasteiger partial charge in [-0.3, -0.25) is 9.89 Å². The molecule has 0 aromatic rings. The van der Waals surface area contributed by atoms with Crippen molar-refractivity contribution in [1.82, 2.24) is 10.2 Å². The number of guanidine groups is 1. The molecule has 1 rings (SSSR count). The van der Waals surface area contributed by atoms with Crippen LogP contribution in [0.4, 0.5) is 0 Å². The van der Waals surface area contributed by atoms with Crippen molar-refractivity contribution in [2.24, 2.45) is 10.7 Å². The molecule has 0 aromatic carbocycles. The molecule has 0 spiro atoms.